The molecule has 0 bridgehead atoms. The van der Waals surface area contributed by atoms with Crippen LogP contribution in [0.1, 0.15) is 21.2 Å². The topological polar surface area (TPSA) is 93.1 Å². The first-order chi connectivity index (χ1) is 6.83. The van der Waals surface area contributed by atoms with Crippen molar-refractivity contribution in [2.24, 2.45) is 0 Å². The summed E-state index contributed by atoms with van der Waals surface area (Å²) in [4.78, 5) is 27.5. The van der Waals surface area contributed by atoms with Crippen LogP contribution in [0.15, 0.2) is 12.2 Å². The molecule has 0 rings (SSSR count). The Bertz CT molecular complexity index is 279. The minimum absolute atomic E-state index is 0. The van der Waals surface area contributed by atoms with E-state index in [0.717, 1.165) is 0 Å². The first-order valence-electron chi connectivity index (χ1n) is 4.35. The van der Waals surface area contributed by atoms with E-state index < -0.39 is 13.8 Å². The molecule has 0 atom stereocenters. The second-order valence-corrected chi connectivity index (χ2v) is 4.19. The van der Waals surface area contributed by atoms with Gasteiger partial charge in [-0.1, -0.05) is 6.58 Å². The molecule has 0 unspecified atom stereocenters. The first-order valence-corrected chi connectivity index (χ1v) is 5.88. The van der Waals surface area contributed by atoms with E-state index in [4.69, 9.17) is 14.5 Å². The van der Waals surface area contributed by atoms with Gasteiger partial charge in [0.05, 0.1) is 13.2 Å². The van der Waals surface area contributed by atoms with Crippen LogP contribution in [0.5, 0.6) is 0 Å². The molecule has 0 spiro atoms. The maximum absolute atomic E-state index is 10.9. The maximum atomic E-state index is 10.9. The van der Waals surface area contributed by atoms with E-state index in [1.807, 2.05) is 0 Å². The van der Waals surface area contributed by atoms with Crippen LogP contribution < -0.4 is 29.6 Å². The molecule has 0 radical (unpaired) electrons. The van der Waals surface area contributed by atoms with Crippen LogP contribution in [0, 0.1) is 0 Å². The molecule has 0 aliphatic rings. The molecule has 90 valence electrons. The molecule has 16 heavy (non-hydrogen) atoms. The molecule has 0 saturated carbocycles. The summed E-state index contributed by atoms with van der Waals surface area (Å²) in [6, 6.07) is 0. The number of phosphoric ester groups is 1. The smallest absolute Gasteiger partial charge is 1.00 e. The third-order valence-electron chi connectivity index (χ3n) is 1.38. The average molecular weight is 262 g/mol. The van der Waals surface area contributed by atoms with Crippen molar-refractivity contribution in [1.29, 1.82) is 0 Å². The minimum Gasteiger partial charge on any atom is -1.00 e. The normalized spacial score (nSPS) is 10.4. The Morgan fingerprint density at radius 1 is 1.38 bits per heavy atom. The van der Waals surface area contributed by atoms with E-state index in [2.05, 4.69) is 11.1 Å². The zero-order valence-corrected chi connectivity index (χ0v) is 12.4. The van der Waals surface area contributed by atoms with Crippen LogP contribution in [-0.4, -0.2) is 29.0 Å². The number of hydrogen-bond acceptors (Lipinski definition) is 4. The van der Waals surface area contributed by atoms with Crippen molar-refractivity contribution < 1.29 is 59.4 Å². The average Bonchev–Trinajstić information content (AvgIpc) is 2.08. The van der Waals surface area contributed by atoms with Crippen LogP contribution in [-0.2, 0) is 18.6 Å². The van der Waals surface area contributed by atoms with Crippen molar-refractivity contribution in [2.45, 2.75) is 19.8 Å². The van der Waals surface area contributed by atoms with Gasteiger partial charge in [0.25, 0.3) is 0 Å². The van der Waals surface area contributed by atoms with Gasteiger partial charge < -0.3 is 16.0 Å². The Hall–Kier alpha value is 0.320. The fraction of sp³-hybridized carbons (Fsp3) is 0.625. The van der Waals surface area contributed by atoms with Crippen LogP contribution in [0.2, 0.25) is 0 Å². The van der Waals surface area contributed by atoms with Crippen molar-refractivity contribution in [3.63, 3.8) is 0 Å². The first kappa shape index (κ1) is 18.7. The monoisotopic (exact) mass is 262 g/mol. The SMILES string of the molecule is C=C(C)C(=O)OCCCCOP(=O)(O)O.[H-].[Na+]. The molecule has 0 aromatic carbocycles. The number of phosphoric acid groups is 1. The molecule has 0 aromatic heterocycles. The summed E-state index contributed by atoms with van der Waals surface area (Å²) in [6.07, 6.45) is 0.896. The second kappa shape index (κ2) is 9.36. The van der Waals surface area contributed by atoms with Gasteiger partial charge in [0, 0.05) is 5.57 Å². The van der Waals surface area contributed by atoms with E-state index >= 15 is 0 Å². The summed E-state index contributed by atoms with van der Waals surface area (Å²) in [7, 11) is -4.37. The van der Waals surface area contributed by atoms with Crippen LogP contribution >= 0.6 is 7.82 Å². The summed E-state index contributed by atoms with van der Waals surface area (Å²) >= 11 is 0. The number of ether oxygens (including phenoxy) is 1. The predicted molar refractivity (Wildman–Crippen MR) is 54.1 cm³/mol. The second-order valence-electron chi connectivity index (χ2n) is 2.95. The fourth-order valence-corrected chi connectivity index (χ4v) is 1.04. The molecular weight excluding hydrogens is 246 g/mol. The molecule has 0 aliphatic carbocycles. The molecule has 0 amide bonds. The van der Waals surface area contributed by atoms with Gasteiger partial charge in [-0.15, -0.1) is 0 Å². The van der Waals surface area contributed by atoms with E-state index in [1.165, 1.54) is 0 Å². The summed E-state index contributed by atoms with van der Waals surface area (Å²) < 4.78 is 19.2. The zero-order valence-electron chi connectivity index (χ0n) is 10.5. The van der Waals surface area contributed by atoms with E-state index in [9.17, 15) is 9.36 Å². The third kappa shape index (κ3) is 12.4. The van der Waals surface area contributed by atoms with E-state index in [-0.39, 0.29) is 44.2 Å². The van der Waals surface area contributed by atoms with Crippen molar-refractivity contribution >= 4 is 13.8 Å². The molecule has 0 fully saturated rings. The largest absolute Gasteiger partial charge is 1.00 e. The Morgan fingerprint density at radius 2 is 1.88 bits per heavy atom. The number of carbonyl (C=O) groups is 1. The van der Waals surface area contributed by atoms with Crippen molar-refractivity contribution in [3.05, 3.63) is 12.2 Å². The molecular formula is C8H16NaO6P. The standard InChI is InChI=1S/C8H15O6P.Na.H/c1-7(2)8(9)13-5-3-4-6-14-15(10,11)12;;/h1,3-6H2,2H3,(H2,10,11,12);;/q;+1;-1. The van der Waals surface area contributed by atoms with Gasteiger partial charge in [-0.2, -0.15) is 0 Å². The third-order valence-corrected chi connectivity index (χ3v) is 1.90. The van der Waals surface area contributed by atoms with Gasteiger partial charge in [0.15, 0.2) is 0 Å². The Balaban J connectivity index is -0.000000980. The van der Waals surface area contributed by atoms with Gasteiger partial charge in [-0.25, -0.2) is 9.36 Å². The van der Waals surface area contributed by atoms with E-state index in [1.54, 1.807) is 6.92 Å². The van der Waals surface area contributed by atoms with Gasteiger partial charge in [-0.05, 0) is 19.8 Å². The number of esters is 1. The molecule has 8 heteroatoms. The Labute approximate surface area is 118 Å². The van der Waals surface area contributed by atoms with Crippen LogP contribution in [0.3, 0.4) is 0 Å². The number of unbranched alkanes of at least 4 members (excludes halogenated alkanes) is 1. The maximum Gasteiger partial charge on any atom is 1.00 e. The quantitative estimate of drug-likeness (QED) is 0.183. The Morgan fingerprint density at radius 3 is 2.31 bits per heavy atom. The summed E-state index contributed by atoms with van der Waals surface area (Å²) in [5.74, 6) is -0.467. The van der Waals surface area contributed by atoms with E-state index in [0.29, 0.717) is 18.4 Å². The Kier molecular flexibility index (Phi) is 10.9. The molecule has 0 heterocycles. The van der Waals surface area contributed by atoms with Gasteiger partial charge >= 0.3 is 43.3 Å². The van der Waals surface area contributed by atoms with Crippen LogP contribution in [0.25, 0.3) is 0 Å². The van der Waals surface area contributed by atoms with Crippen molar-refractivity contribution in [2.75, 3.05) is 13.2 Å². The fourth-order valence-electron chi connectivity index (χ4n) is 0.676. The number of rotatable bonds is 7. The van der Waals surface area contributed by atoms with Gasteiger partial charge in [0.2, 0.25) is 0 Å². The van der Waals surface area contributed by atoms with Gasteiger partial charge in [0.1, 0.15) is 0 Å². The van der Waals surface area contributed by atoms with Crippen molar-refractivity contribution in [3.8, 4) is 0 Å². The molecule has 2 N–H and O–H groups in total. The van der Waals surface area contributed by atoms with Crippen molar-refractivity contribution in [1.82, 2.24) is 0 Å². The number of hydrogen-bond donors (Lipinski definition) is 2. The molecule has 0 saturated heterocycles. The van der Waals surface area contributed by atoms with Crippen LogP contribution in [0.4, 0.5) is 0 Å². The molecule has 0 aromatic rings. The molecule has 0 aliphatic heterocycles. The molecule has 6 nitrogen and oxygen atoms in total. The zero-order chi connectivity index (χ0) is 11.9. The summed E-state index contributed by atoms with van der Waals surface area (Å²) in [5.41, 5.74) is 0.321. The summed E-state index contributed by atoms with van der Waals surface area (Å²) in [5, 5.41) is 0. The minimum atomic E-state index is -4.37. The summed E-state index contributed by atoms with van der Waals surface area (Å²) in [6.45, 7) is 5.07. The number of carbonyl (C=O) groups excluding carboxylic acids is 1. The predicted octanol–water partition coefficient (Wildman–Crippen LogP) is -1.89. The van der Waals surface area contributed by atoms with Gasteiger partial charge in [-0.3, -0.25) is 4.52 Å².